The fourth-order valence-electron chi connectivity index (χ4n) is 1.65. The van der Waals surface area contributed by atoms with Crippen molar-refractivity contribution < 1.29 is 9.72 Å². The number of allylic oxidation sites excluding steroid dienone is 1. The van der Waals surface area contributed by atoms with Crippen molar-refractivity contribution in [3.05, 3.63) is 45.0 Å². The summed E-state index contributed by atoms with van der Waals surface area (Å²) in [4.78, 5) is 21.8. The normalized spacial score (nSPS) is 11.7. The zero-order chi connectivity index (χ0) is 13.9. The second-order valence-electron chi connectivity index (χ2n) is 4.61. The molecule has 0 spiro atoms. The topological polar surface area (TPSA) is 60.2 Å². The van der Waals surface area contributed by atoms with Crippen LogP contribution in [0, 0.1) is 10.1 Å². The number of hydrogen-bond donors (Lipinski definition) is 0. The predicted octanol–water partition coefficient (Wildman–Crippen LogP) is 3.71. The Bertz CT molecular complexity index is 516. The molecule has 0 aromatic heterocycles. The molecule has 0 aliphatic carbocycles. The van der Waals surface area contributed by atoms with Crippen LogP contribution in [0.3, 0.4) is 0 Å². The number of nitro groups is 1. The van der Waals surface area contributed by atoms with Gasteiger partial charge in [-0.2, -0.15) is 0 Å². The Kier molecular flexibility index (Phi) is 4.37. The Morgan fingerprint density at radius 2 is 1.94 bits per heavy atom. The van der Waals surface area contributed by atoms with Gasteiger partial charge in [-0.1, -0.05) is 26.0 Å². The molecule has 1 aromatic carbocycles. The molecular formula is C14H17NO3. The minimum Gasteiger partial charge on any atom is -0.295 e. The summed E-state index contributed by atoms with van der Waals surface area (Å²) in [6.07, 6.45) is 1.67. The molecule has 0 heterocycles. The van der Waals surface area contributed by atoms with E-state index in [-0.39, 0.29) is 22.3 Å². The van der Waals surface area contributed by atoms with Crippen molar-refractivity contribution in [2.75, 3.05) is 0 Å². The number of Topliss-reactive ketones (excluding diaryl/α,β-unsaturated/α-hetero) is 1. The zero-order valence-electron chi connectivity index (χ0n) is 11.1. The fraction of sp³-hybridized carbons (Fsp3) is 0.357. The molecule has 0 unspecified atom stereocenters. The van der Waals surface area contributed by atoms with Crippen LogP contribution in [0.4, 0.5) is 5.69 Å². The van der Waals surface area contributed by atoms with E-state index in [1.807, 2.05) is 13.8 Å². The van der Waals surface area contributed by atoms with Crippen LogP contribution in [-0.2, 0) is 4.79 Å². The monoisotopic (exact) mass is 247 g/mol. The lowest BCUT2D eigenvalue weighted by atomic mass is 9.98. The first-order chi connectivity index (χ1) is 8.32. The quantitative estimate of drug-likeness (QED) is 0.463. The van der Waals surface area contributed by atoms with Crippen LogP contribution in [0.1, 0.15) is 44.7 Å². The third-order valence-corrected chi connectivity index (χ3v) is 2.81. The SMILES string of the molecule is CC(=O)/C(C)=C\c1ccc(C(C)C)c([N+](=O)[O-])c1. The molecule has 0 saturated carbocycles. The van der Waals surface area contributed by atoms with E-state index in [1.54, 1.807) is 25.1 Å². The number of nitrogens with zero attached hydrogens (tertiary/aromatic N) is 1. The summed E-state index contributed by atoms with van der Waals surface area (Å²) in [7, 11) is 0. The Balaban J connectivity index is 3.28. The Morgan fingerprint density at radius 3 is 2.39 bits per heavy atom. The molecule has 0 aliphatic rings. The van der Waals surface area contributed by atoms with E-state index in [4.69, 9.17) is 0 Å². The number of carbonyl (C=O) groups is 1. The molecule has 0 radical (unpaired) electrons. The summed E-state index contributed by atoms with van der Waals surface area (Å²) in [5.41, 5.74) is 2.08. The van der Waals surface area contributed by atoms with E-state index >= 15 is 0 Å². The first kappa shape index (κ1) is 14.1. The van der Waals surface area contributed by atoms with Gasteiger partial charge in [0, 0.05) is 11.6 Å². The molecule has 1 aromatic rings. The van der Waals surface area contributed by atoms with Crippen molar-refractivity contribution in [3.8, 4) is 0 Å². The number of ketones is 1. The second-order valence-corrected chi connectivity index (χ2v) is 4.61. The van der Waals surface area contributed by atoms with Gasteiger partial charge in [-0.15, -0.1) is 0 Å². The van der Waals surface area contributed by atoms with Crippen LogP contribution in [-0.4, -0.2) is 10.7 Å². The average Bonchev–Trinajstić information content (AvgIpc) is 2.28. The third kappa shape index (κ3) is 3.26. The minimum absolute atomic E-state index is 0.0365. The molecule has 0 saturated heterocycles. The molecule has 0 amide bonds. The Labute approximate surface area is 106 Å². The first-order valence-electron chi connectivity index (χ1n) is 5.80. The van der Waals surface area contributed by atoms with E-state index in [9.17, 15) is 14.9 Å². The van der Waals surface area contributed by atoms with Crippen molar-refractivity contribution in [1.82, 2.24) is 0 Å². The molecule has 96 valence electrons. The van der Waals surface area contributed by atoms with Crippen LogP contribution in [0.15, 0.2) is 23.8 Å². The van der Waals surface area contributed by atoms with Crippen LogP contribution < -0.4 is 0 Å². The lowest BCUT2D eigenvalue weighted by Gasteiger charge is -2.07. The van der Waals surface area contributed by atoms with E-state index in [0.29, 0.717) is 16.7 Å². The van der Waals surface area contributed by atoms with Crippen molar-refractivity contribution >= 4 is 17.5 Å². The molecule has 0 atom stereocenters. The van der Waals surface area contributed by atoms with Crippen LogP contribution >= 0.6 is 0 Å². The smallest absolute Gasteiger partial charge is 0.273 e. The molecule has 0 fully saturated rings. The van der Waals surface area contributed by atoms with Gasteiger partial charge in [-0.05, 0) is 37.0 Å². The molecule has 4 nitrogen and oxygen atoms in total. The molecule has 0 aliphatic heterocycles. The van der Waals surface area contributed by atoms with Crippen molar-refractivity contribution in [2.45, 2.75) is 33.6 Å². The third-order valence-electron chi connectivity index (χ3n) is 2.81. The van der Waals surface area contributed by atoms with Gasteiger partial charge in [0.1, 0.15) is 0 Å². The van der Waals surface area contributed by atoms with Crippen molar-refractivity contribution in [1.29, 1.82) is 0 Å². The Hall–Kier alpha value is -1.97. The molecule has 18 heavy (non-hydrogen) atoms. The summed E-state index contributed by atoms with van der Waals surface area (Å²) in [5.74, 6) is 0.0583. The highest BCUT2D eigenvalue weighted by atomic mass is 16.6. The summed E-state index contributed by atoms with van der Waals surface area (Å²) in [6.45, 7) is 7.00. The highest BCUT2D eigenvalue weighted by molar-refractivity contribution is 5.97. The lowest BCUT2D eigenvalue weighted by molar-refractivity contribution is -0.385. The van der Waals surface area contributed by atoms with Crippen LogP contribution in [0.5, 0.6) is 0 Å². The number of benzene rings is 1. The second kappa shape index (κ2) is 5.58. The van der Waals surface area contributed by atoms with Gasteiger partial charge in [0.25, 0.3) is 5.69 Å². The number of carbonyl (C=O) groups excluding carboxylic acids is 1. The van der Waals surface area contributed by atoms with E-state index in [1.165, 1.54) is 13.0 Å². The van der Waals surface area contributed by atoms with Gasteiger partial charge >= 0.3 is 0 Å². The maximum atomic E-state index is 11.1. The first-order valence-corrected chi connectivity index (χ1v) is 5.80. The standard InChI is InChI=1S/C14H17NO3/c1-9(2)13-6-5-12(7-10(3)11(4)16)8-14(13)15(17)18/h5-9H,1-4H3/b10-7-. The van der Waals surface area contributed by atoms with Crippen molar-refractivity contribution in [3.63, 3.8) is 0 Å². The highest BCUT2D eigenvalue weighted by Crippen LogP contribution is 2.28. The average molecular weight is 247 g/mol. The summed E-state index contributed by atoms with van der Waals surface area (Å²) < 4.78 is 0. The van der Waals surface area contributed by atoms with Gasteiger partial charge in [-0.3, -0.25) is 14.9 Å². The van der Waals surface area contributed by atoms with Crippen molar-refractivity contribution in [2.24, 2.45) is 0 Å². The van der Waals surface area contributed by atoms with Gasteiger partial charge in [0.15, 0.2) is 5.78 Å². The van der Waals surface area contributed by atoms with Gasteiger partial charge in [0.2, 0.25) is 0 Å². The number of hydrogen-bond acceptors (Lipinski definition) is 3. The molecule has 0 bridgehead atoms. The van der Waals surface area contributed by atoms with E-state index < -0.39 is 0 Å². The van der Waals surface area contributed by atoms with Crippen LogP contribution in [0.25, 0.3) is 6.08 Å². The fourth-order valence-corrected chi connectivity index (χ4v) is 1.65. The van der Waals surface area contributed by atoms with E-state index in [0.717, 1.165) is 0 Å². The van der Waals surface area contributed by atoms with Gasteiger partial charge in [-0.25, -0.2) is 0 Å². The van der Waals surface area contributed by atoms with Gasteiger partial charge in [0.05, 0.1) is 4.92 Å². The molecular weight excluding hydrogens is 230 g/mol. The number of nitro benzene ring substituents is 1. The molecule has 0 N–H and O–H groups in total. The maximum Gasteiger partial charge on any atom is 0.273 e. The highest BCUT2D eigenvalue weighted by Gasteiger charge is 2.16. The van der Waals surface area contributed by atoms with Gasteiger partial charge < -0.3 is 0 Å². The largest absolute Gasteiger partial charge is 0.295 e. The van der Waals surface area contributed by atoms with Crippen LogP contribution in [0.2, 0.25) is 0 Å². The summed E-state index contributed by atoms with van der Waals surface area (Å²) >= 11 is 0. The predicted molar refractivity (Wildman–Crippen MR) is 71.5 cm³/mol. The molecule has 1 rings (SSSR count). The summed E-state index contributed by atoms with van der Waals surface area (Å²) in [5, 5.41) is 11.0. The minimum atomic E-state index is -0.379. The lowest BCUT2D eigenvalue weighted by Crippen LogP contribution is -1.98. The van der Waals surface area contributed by atoms with E-state index in [2.05, 4.69) is 0 Å². The zero-order valence-corrected chi connectivity index (χ0v) is 11.1. The maximum absolute atomic E-state index is 11.1. The molecule has 4 heteroatoms. The Morgan fingerprint density at radius 1 is 1.33 bits per heavy atom. The number of rotatable bonds is 4. The summed E-state index contributed by atoms with van der Waals surface area (Å²) in [6, 6.07) is 5.07.